The van der Waals surface area contributed by atoms with E-state index in [-0.39, 0.29) is 0 Å². The van der Waals surface area contributed by atoms with E-state index in [9.17, 15) is 4.79 Å². The molecule has 0 fully saturated rings. The van der Waals surface area contributed by atoms with Crippen molar-refractivity contribution >= 4 is 11.1 Å². The molecule has 0 radical (unpaired) electrons. The molecule has 0 unspecified atom stereocenters. The minimum absolute atomic E-state index is 0.408. The summed E-state index contributed by atoms with van der Waals surface area (Å²) in [5.41, 5.74) is 3.72. The summed E-state index contributed by atoms with van der Waals surface area (Å²) in [5, 5.41) is 4.04. The van der Waals surface area contributed by atoms with Gasteiger partial charge in [0.05, 0.1) is 12.6 Å². The van der Waals surface area contributed by atoms with Gasteiger partial charge in [0.2, 0.25) is 5.82 Å². The minimum atomic E-state index is -0.408. The molecule has 0 N–H and O–H groups in total. The number of nitrogens with zero attached hydrogens (tertiary/aromatic N) is 3. The van der Waals surface area contributed by atoms with E-state index < -0.39 is 5.76 Å². The number of hydrogen-bond donors (Lipinski definition) is 0. The summed E-state index contributed by atoms with van der Waals surface area (Å²) in [6.07, 6.45) is 0. The minimum Gasteiger partial charge on any atom is -0.497 e. The first-order valence-electron chi connectivity index (χ1n) is 7.65. The molecule has 0 atom stereocenters. The Bertz CT molecular complexity index is 1140. The molecule has 0 saturated carbocycles. The summed E-state index contributed by atoms with van der Waals surface area (Å²) >= 11 is 0. The van der Waals surface area contributed by atoms with Crippen LogP contribution in [0, 0.1) is 6.92 Å². The Kier molecular flexibility index (Phi) is 3.42. The second-order valence-corrected chi connectivity index (χ2v) is 5.71. The molecule has 0 aliphatic carbocycles. The molecule has 0 aliphatic heterocycles. The molecule has 7 heteroatoms. The van der Waals surface area contributed by atoms with Crippen molar-refractivity contribution in [1.82, 2.24) is 14.7 Å². The van der Waals surface area contributed by atoms with Gasteiger partial charge in [-0.2, -0.15) is 4.98 Å². The van der Waals surface area contributed by atoms with E-state index in [0.29, 0.717) is 28.4 Å². The molecule has 25 heavy (non-hydrogen) atoms. The fourth-order valence-corrected chi connectivity index (χ4v) is 2.73. The predicted octanol–water partition coefficient (Wildman–Crippen LogP) is 3.17. The average molecular weight is 337 g/mol. The van der Waals surface area contributed by atoms with Crippen LogP contribution < -0.4 is 10.5 Å². The molecule has 0 bridgehead atoms. The van der Waals surface area contributed by atoms with Crippen molar-refractivity contribution in [1.29, 1.82) is 0 Å². The van der Waals surface area contributed by atoms with Crippen LogP contribution in [0.2, 0.25) is 0 Å². The van der Waals surface area contributed by atoms with Gasteiger partial charge in [0.15, 0.2) is 5.58 Å². The van der Waals surface area contributed by atoms with Crippen molar-refractivity contribution in [2.45, 2.75) is 6.92 Å². The van der Waals surface area contributed by atoms with Gasteiger partial charge in [0, 0.05) is 18.2 Å². The SMILES string of the molecule is COc1ccc(-c2nc(-c3ccc4c(c3)oc(=O)n4C)no2)c(C)c1. The largest absolute Gasteiger partial charge is 0.497 e. The molecule has 4 rings (SSSR count). The highest BCUT2D eigenvalue weighted by molar-refractivity contribution is 5.79. The molecular formula is C18H15N3O4. The Morgan fingerprint density at radius 3 is 2.76 bits per heavy atom. The summed E-state index contributed by atoms with van der Waals surface area (Å²) in [4.78, 5) is 16.1. The standard InChI is InChI=1S/C18H15N3O4/c1-10-8-12(23-3)5-6-13(10)17-19-16(20-25-17)11-4-7-14-15(9-11)24-18(22)21(14)2/h4-9H,1-3H3. The summed E-state index contributed by atoms with van der Waals surface area (Å²) in [6.45, 7) is 1.95. The van der Waals surface area contributed by atoms with Crippen LogP contribution in [-0.2, 0) is 7.05 Å². The van der Waals surface area contributed by atoms with Crippen molar-refractivity contribution in [3.8, 4) is 28.6 Å². The molecule has 0 saturated heterocycles. The highest BCUT2D eigenvalue weighted by atomic mass is 16.5. The quantitative estimate of drug-likeness (QED) is 0.571. The third-order valence-corrected chi connectivity index (χ3v) is 4.14. The highest BCUT2D eigenvalue weighted by Gasteiger charge is 2.15. The fourth-order valence-electron chi connectivity index (χ4n) is 2.73. The van der Waals surface area contributed by atoms with E-state index in [1.54, 1.807) is 26.3 Å². The third-order valence-electron chi connectivity index (χ3n) is 4.14. The molecule has 0 aliphatic rings. The van der Waals surface area contributed by atoms with Gasteiger partial charge >= 0.3 is 5.76 Å². The van der Waals surface area contributed by atoms with Gasteiger partial charge < -0.3 is 13.7 Å². The normalized spacial score (nSPS) is 11.2. The molecule has 2 aromatic heterocycles. The van der Waals surface area contributed by atoms with Crippen molar-refractivity contribution in [2.24, 2.45) is 7.05 Å². The maximum atomic E-state index is 11.6. The number of fused-ring (bicyclic) bond motifs is 1. The lowest BCUT2D eigenvalue weighted by atomic mass is 10.1. The Labute approximate surface area is 142 Å². The zero-order chi connectivity index (χ0) is 17.6. The van der Waals surface area contributed by atoms with E-state index in [0.717, 1.165) is 16.9 Å². The van der Waals surface area contributed by atoms with Crippen molar-refractivity contribution in [3.63, 3.8) is 0 Å². The van der Waals surface area contributed by atoms with Crippen LogP contribution in [0.15, 0.2) is 50.1 Å². The first kappa shape index (κ1) is 15.2. The third kappa shape index (κ3) is 2.50. The van der Waals surface area contributed by atoms with Gasteiger partial charge in [-0.05, 0) is 48.9 Å². The van der Waals surface area contributed by atoms with Crippen LogP contribution in [0.4, 0.5) is 0 Å². The lowest BCUT2D eigenvalue weighted by Gasteiger charge is -2.03. The molecule has 0 spiro atoms. The number of rotatable bonds is 3. The first-order chi connectivity index (χ1) is 12.1. The number of aryl methyl sites for hydroxylation is 2. The summed E-state index contributed by atoms with van der Waals surface area (Å²) in [6, 6.07) is 11.0. The monoisotopic (exact) mass is 337 g/mol. The number of methoxy groups -OCH3 is 1. The van der Waals surface area contributed by atoms with Crippen LogP contribution in [0.5, 0.6) is 5.75 Å². The first-order valence-corrected chi connectivity index (χ1v) is 7.65. The van der Waals surface area contributed by atoms with Crippen LogP contribution in [0.3, 0.4) is 0 Å². The van der Waals surface area contributed by atoms with Crippen molar-refractivity contribution < 1.29 is 13.7 Å². The number of oxazole rings is 1. The Morgan fingerprint density at radius 2 is 2.00 bits per heavy atom. The topological polar surface area (TPSA) is 83.3 Å². The molecule has 126 valence electrons. The van der Waals surface area contributed by atoms with Gasteiger partial charge in [0.25, 0.3) is 5.89 Å². The second kappa shape index (κ2) is 5.62. The number of benzene rings is 2. The maximum Gasteiger partial charge on any atom is 0.419 e. The summed E-state index contributed by atoms with van der Waals surface area (Å²) in [7, 11) is 3.28. The predicted molar refractivity (Wildman–Crippen MR) is 91.5 cm³/mol. The van der Waals surface area contributed by atoms with Crippen molar-refractivity contribution in [3.05, 3.63) is 52.5 Å². The van der Waals surface area contributed by atoms with E-state index in [2.05, 4.69) is 10.1 Å². The van der Waals surface area contributed by atoms with Crippen LogP contribution >= 0.6 is 0 Å². The number of hydrogen-bond acceptors (Lipinski definition) is 6. The van der Waals surface area contributed by atoms with Gasteiger partial charge in [-0.15, -0.1) is 0 Å². The molecule has 7 nitrogen and oxygen atoms in total. The van der Waals surface area contributed by atoms with E-state index >= 15 is 0 Å². The zero-order valence-corrected chi connectivity index (χ0v) is 13.9. The van der Waals surface area contributed by atoms with E-state index in [1.807, 2.05) is 31.2 Å². The van der Waals surface area contributed by atoms with Gasteiger partial charge in [0.1, 0.15) is 5.75 Å². The number of ether oxygens (including phenoxy) is 1. The molecule has 2 aromatic carbocycles. The molecule has 4 aromatic rings. The zero-order valence-electron chi connectivity index (χ0n) is 13.9. The fraction of sp³-hybridized carbons (Fsp3) is 0.167. The lowest BCUT2D eigenvalue weighted by Crippen LogP contribution is -2.08. The lowest BCUT2D eigenvalue weighted by molar-refractivity contribution is 0.414. The number of aromatic nitrogens is 3. The van der Waals surface area contributed by atoms with Crippen LogP contribution in [0.25, 0.3) is 33.9 Å². The Morgan fingerprint density at radius 1 is 1.16 bits per heavy atom. The maximum absolute atomic E-state index is 11.6. The van der Waals surface area contributed by atoms with E-state index in [4.69, 9.17) is 13.7 Å². The molecule has 0 amide bonds. The van der Waals surface area contributed by atoms with Gasteiger partial charge in [-0.1, -0.05) is 5.16 Å². The molecular weight excluding hydrogens is 322 g/mol. The van der Waals surface area contributed by atoms with Crippen molar-refractivity contribution in [2.75, 3.05) is 7.11 Å². The van der Waals surface area contributed by atoms with E-state index in [1.165, 1.54) is 4.57 Å². The Balaban J connectivity index is 1.75. The second-order valence-electron chi connectivity index (χ2n) is 5.71. The van der Waals surface area contributed by atoms with Gasteiger partial charge in [-0.3, -0.25) is 4.57 Å². The Hall–Kier alpha value is -3.35. The summed E-state index contributed by atoms with van der Waals surface area (Å²) < 4.78 is 17.3. The smallest absolute Gasteiger partial charge is 0.419 e. The highest BCUT2D eigenvalue weighted by Crippen LogP contribution is 2.28. The van der Waals surface area contributed by atoms with Crippen LogP contribution in [-0.4, -0.2) is 21.8 Å². The summed E-state index contributed by atoms with van der Waals surface area (Å²) in [5.74, 6) is 1.21. The average Bonchev–Trinajstić information content (AvgIpc) is 3.20. The molecule has 2 heterocycles. The van der Waals surface area contributed by atoms with Crippen LogP contribution in [0.1, 0.15) is 5.56 Å². The van der Waals surface area contributed by atoms with Gasteiger partial charge in [-0.25, -0.2) is 4.79 Å².